The number of carbonyl (C=O) groups excluding carboxylic acids is 1. The average Bonchev–Trinajstić information content (AvgIpc) is 3.11. The van der Waals surface area contributed by atoms with Gasteiger partial charge in [-0.2, -0.15) is 0 Å². The summed E-state index contributed by atoms with van der Waals surface area (Å²) in [5.74, 6) is 0.267. The van der Waals surface area contributed by atoms with Crippen molar-refractivity contribution < 1.29 is 23.0 Å². The molecule has 0 atom stereocenters. The minimum absolute atomic E-state index is 0.00246. The van der Waals surface area contributed by atoms with Crippen LogP contribution >= 0.6 is 11.6 Å². The molecule has 10 nitrogen and oxygen atoms in total. The van der Waals surface area contributed by atoms with E-state index in [0.717, 1.165) is 17.4 Å². The number of rotatable bonds is 10. The van der Waals surface area contributed by atoms with Crippen molar-refractivity contribution in [1.82, 2.24) is 14.5 Å². The second kappa shape index (κ2) is 15.2. The zero-order valence-electron chi connectivity index (χ0n) is 27.9. The zero-order valence-corrected chi connectivity index (χ0v) is 28.7. The van der Waals surface area contributed by atoms with Gasteiger partial charge in [0.05, 0.1) is 36.6 Å². The number of methoxy groups -OCH3 is 1. The summed E-state index contributed by atoms with van der Waals surface area (Å²) in [5.41, 5.74) is 2.44. The number of nitrogens with one attached hydrogen (secondary N) is 2. The number of hydrogen-bond acceptors (Lipinski definition) is 7. The summed E-state index contributed by atoms with van der Waals surface area (Å²) in [6.07, 6.45) is 1.68. The van der Waals surface area contributed by atoms with E-state index in [1.54, 1.807) is 30.0 Å². The van der Waals surface area contributed by atoms with E-state index >= 15 is 4.39 Å². The van der Waals surface area contributed by atoms with Crippen LogP contribution in [0.25, 0.3) is 22.0 Å². The lowest BCUT2D eigenvalue weighted by Gasteiger charge is -2.26. The Balaban J connectivity index is 1.24. The molecular formula is C37H37ClF2N6O4. The van der Waals surface area contributed by atoms with E-state index < -0.39 is 17.7 Å². The van der Waals surface area contributed by atoms with Crippen molar-refractivity contribution in [3.05, 3.63) is 111 Å². The lowest BCUT2D eigenvalue weighted by molar-refractivity contribution is 0.0337. The van der Waals surface area contributed by atoms with Crippen molar-refractivity contribution in [3.8, 4) is 16.9 Å². The number of pyridine rings is 2. The molecule has 0 unspecified atom stereocenters. The number of halogens is 3. The van der Waals surface area contributed by atoms with Gasteiger partial charge in [0.15, 0.2) is 0 Å². The molecule has 50 heavy (non-hydrogen) atoms. The molecular weight excluding hydrogens is 666 g/mol. The maximum atomic E-state index is 15.1. The Hall–Kier alpha value is -5.04. The highest BCUT2D eigenvalue weighted by Crippen LogP contribution is 2.33. The highest BCUT2D eigenvalue weighted by Gasteiger charge is 2.19. The highest BCUT2D eigenvalue weighted by molar-refractivity contribution is 6.33. The maximum absolute atomic E-state index is 15.1. The number of fused-ring (bicyclic) bond motifs is 1. The second-order valence-corrected chi connectivity index (χ2v) is 12.4. The van der Waals surface area contributed by atoms with Crippen LogP contribution in [0.2, 0.25) is 5.02 Å². The summed E-state index contributed by atoms with van der Waals surface area (Å²) in [5, 5.41) is 5.83. The highest BCUT2D eigenvalue weighted by atomic mass is 35.5. The van der Waals surface area contributed by atoms with Gasteiger partial charge in [-0.15, -0.1) is 0 Å². The molecule has 260 valence electrons. The van der Waals surface area contributed by atoms with E-state index in [0.29, 0.717) is 73.9 Å². The number of aryl methyl sites for hydroxylation is 1. The number of aromatic nitrogens is 2. The van der Waals surface area contributed by atoms with Gasteiger partial charge >= 0.3 is 6.03 Å². The zero-order chi connectivity index (χ0) is 35.4. The summed E-state index contributed by atoms with van der Waals surface area (Å²) in [6.45, 7) is 5.66. The van der Waals surface area contributed by atoms with Gasteiger partial charge in [0.2, 0.25) is 0 Å². The van der Waals surface area contributed by atoms with Gasteiger partial charge in [-0.1, -0.05) is 23.7 Å². The number of benzene rings is 3. The number of amides is 2. The van der Waals surface area contributed by atoms with Crippen LogP contribution in [-0.2, 0) is 24.4 Å². The van der Waals surface area contributed by atoms with Crippen LogP contribution in [0.5, 0.6) is 5.75 Å². The lowest BCUT2D eigenvalue weighted by Crippen LogP contribution is -2.35. The number of urea groups is 1. The van der Waals surface area contributed by atoms with E-state index in [9.17, 15) is 14.0 Å². The molecule has 0 bridgehead atoms. The summed E-state index contributed by atoms with van der Waals surface area (Å²) in [6, 6.07) is 17.2. The third-order valence-electron chi connectivity index (χ3n) is 8.65. The molecule has 1 fully saturated rings. The van der Waals surface area contributed by atoms with Gasteiger partial charge in [-0.3, -0.25) is 9.69 Å². The monoisotopic (exact) mass is 702 g/mol. The molecule has 1 aliphatic heterocycles. The smallest absolute Gasteiger partial charge is 0.323 e. The molecule has 3 heterocycles. The van der Waals surface area contributed by atoms with Crippen LogP contribution in [0.1, 0.15) is 18.1 Å². The molecule has 0 aliphatic carbocycles. The topological polar surface area (TPSA) is 101 Å². The quantitative estimate of drug-likeness (QED) is 0.160. The molecule has 5 aromatic rings. The average molecular weight is 703 g/mol. The third-order valence-corrected chi connectivity index (χ3v) is 8.96. The van der Waals surface area contributed by atoms with Gasteiger partial charge in [0.25, 0.3) is 5.56 Å². The van der Waals surface area contributed by atoms with Crippen LogP contribution in [-0.4, -0.2) is 60.9 Å². The van der Waals surface area contributed by atoms with Crippen LogP contribution in [0.4, 0.5) is 30.8 Å². The number of morpholine rings is 1. The minimum atomic E-state index is -0.788. The lowest BCUT2D eigenvalue weighted by atomic mass is 10.0. The summed E-state index contributed by atoms with van der Waals surface area (Å²) in [4.78, 5) is 35.6. The standard InChI is InChI=1S/C37H37ClF2N6O4/c1-4-46-34-19-35(44(2)21-23-5-8-27(49-3)9-6-23)41-20-24(34)16-29(36(46)47)28-17-33(32(40)18-30(28)38)43-37(48)42-26-7-10-31(39)25(15-26)22-45-11-13-50-14-12-45/h5-10,15-20H,4,11-14,21-22H2,1-3H3,(H2,42,43,48). The fraction of sp³-hybridized carbons (Fsp3) is 0.270. The van der Waals surface area contributed by atoms with E-state index in [1.807, 2.05) is 49.2 Å². The molecule has 0 spiro atoms. The van der Waals surface area contributed by atoms with Gasteiger partial charge in [-0.25, -0.2) is 18.6 Å². The molecule has 1 saturated heterocycles. The molecule has 2 N–H and O–H groups in total. The van der Waals surface area contributed by atoms with Gasteiger partial charge in [-0.05, 0) is 61.0 Å². The summed E-state index contributed by atoms with van der Waals surface area (Å²) in [7, 11) is 3.54. The predicted octanol–water partition coefficient (Wildman–Crippen LogP) is 7.14. The van der Waals surface area contributed by atoms with Crippen LogP contribution in [0.3, 0.4) is 0 Å². The predicted molar refractivity (Wildman–Crippen MR) is 192 cm³/mol. The summed E-state index contributed by atoms with van der Waals surface area (Å²) < 4.78 is 41.9. The van der Waals surface area contributed by atoms with Crippen molar-refractivity contribution in [2.45, 2.75) is 26.6 Å². The maximum Gasteiger partial charge on any atom is 0.323 e. The largest absolute Gasteiger partial charge is 0.497 e. The Morgan fingerprint density at radius 3 is 2.48 bits per heavy atom. The van der Waals surface area contributed by atoms with E-state index in [1.165, 1.54) is 18.2 Å². The first-order valence-corrected chi connectivity index (χ1v) is 16.5. The minimum Gasteiger partial charge on any atom is -0.497 e. The van der Waals surface area contributed by atoms with Crippen molar-refractivity contribution in [1.29, 1.82) is 0 Å². The Morgan fingerprint density at radius 2 is 1.76 bits per heavy atom. The van der Waals surface area contributed by atoms with Gasteiger partial charge in [0, 0.05) is 79.8 Å². The third kappa shape index (κ3) is 7.72. The van der Waals surface area contributed by atoms with Crippen LogP contribution in [0.15, 0.2) is 77.7 Å². The Morgan fingerprint density at radius 1 is 1.00 bits per heavy atom. The first-order chi connectivity index (χ1) is 24.1. The Kier molecular flexibility index (Phi) is 10.6. The van der Waals surface area contributed by atoms with Crippen molar-refractivity contribution >= 4 is 45.7 Å². The second-order valence-electron chi connectivity index (χ2n) is 12.0. The normalized spacial score (nSPS) is 13.3. The molecule has 2 amide bonds. The van der Waals surface area contributed by atoms with Crippen molar-refractivity contribution in [3.63, 3.8) is 0 Å². The molecule has 0 radical (unpaired) electrons. The number of hydrogen-bond donors (Lipinski definition) is 2. The molecule has 3 aromatic carbocycles. The van der Waals surface area contributed by atoms with E-state index in [2.05, 4.69) is 20.5 Å². The number of ether oxygens (including phenoxy) is 2. The fourth-order valence-electron chi connectivity index (χ4n) is 5.97. The molecule has 0 saturated carbocycles. The number of carbonyl (C=O) groups is 1. The number of anilines is 3. The van der Waals surface area contributed by atoms with Crippen molar-refractivity contribution in [2.75, 3.05) is 56.0 Å². The van der Waals surface area contributed by atoms with Crippen molar-refractivity contribution in [2.24, 2.45) is 0 Å². The molecule has 13 heteroatoms. The SMILES string of the molecule is CCn1c(=O)c(-c2cc(NC(=O)Nc3ccc(F)c(CN4CCOCC4)c3)c(F)cc2Cl)cc2cnc(N(C)Cc3ccc(OC)cc3)cc21. The molecule has 2 aromatic heterocycles. The Labute approximate surface area is 293 Å². The van der Waals surface area contributed by atoms with E-state index in [4.69, 9.17) is 21.1 Å². The first kappa shape index (κ1) is 34.8. The fourth-order valence-corrected chi connectivity index (χ4v) is 6.22. The number of nitrogens with zero attached hydrogens (tertiary/aromatic N) is 4. The summed E-state index contributed by atoms with van der Waals surface area (Å²) >= 11 is 6.50. The van der Waals surface area contributed by atoms with Gasteiger partial charge in [0.1, 0.15) is 23.2 Å². The van der Waals surface area contributed by atoms with Crippen LogP contribution < -0.4 is 25.8 Å². The molecule has 1 aliphatic rings. The molecule has 6 rings (SSSR count). The first-order valence-electron chi connectivity index (χ1n) is 16.2. The Bertz CT molecular complexity index is 2090. The van der Waals surface area contributed by atoms with Crippen LogP contribution in [0, 0.1) is 11.6 Å². The van der Waals surface area contributed by atoms with Gasteiger partial charge < -0.3 is 29.6 Å². The van der Waals surface area contributed by atoms with E-state index in [-0.39, 0.29) is 27.4 Å².